The third-order valence-electron chi connectivity index (χ3n) is 3.71. The number of halogens is 1. The predicted molar refractivity (Wildman–Crippen MR) is 91.3 cm³/mol. The first-order valence-electron chi connectivity index (χ1n) is 7.75. The maximum absolute atomic E-state index is 3.73. The SMILES string of the molecule is CC(C)CN(c1ccc(CNC2CC2)c(Br)c1)C(C)C. The molecule has 0 atom stereocenters. The van der Waals surface area contributed by atoms with E-state index >= 15 is 0 Å². The lowest BCUT2D eigenvalue weighted by Crippen LogP contribution is -2.34. The van der Waals surface area contributed by atoms with E-state index in [1.165, 1.54) is 28.6 Å². The van der Waals surface area contributed by atoms with E-state index in [0.717, 1.165) is 19.1 Å². The summed E-state index contributed by atoms with van der Waals surface area (Å²) in [5.41, 5.74) is 2.67. The molecule has 1 aromatic carbocycles. The largest absolute Gasteiger partial charge is 0.369 e. The van der Waals surface area contributed by atoms with Gasteiger partial charge in [0.05, 0.1) is 0 Å². The van der Waals surface area contributed by atoms with Crippen molar-refractivity contribution in [3.05, 3.63) is 28.2 Å². The van der Waals surface area contributed by atoms with Crippen LogP contribution in [0, 0.1) is 5.92 Å². The molecular formula is C17H27BrN2. The molecule has 0 unspecified atom stereocenters. The highest BCUT2D eigenvalue weighted by atomic mass is 79.9. The maximum atomic E-state index is 3.73. The second-order valence-corrected chi connectivity index (χ2v) is 7.43. The molecule has 0 saturated heterocycles. The van der Waals surface area contributed by atoms with Gasteiger partial charge in [-0.2, -0.15) is 0 Å². The van der Waals surface area contributed by atoms with Crippen LogP contribution in [0.2, 0.25) is 0 Å². The first-order chi connectivity index (χ1) is 9.47. The van der Waals surface area contributed by atoms with E-state index in [-0.39, 0.29) is 0 Å². The summed E-state index contributed by atoms with van der Waals surface area (Å²) in [6.07, 6.45) is 2.68. The Morgan fingerprint density at radius 3 is 2.45 bits per heavy atom. The number of anilines is 1. The fraction of sp³-hybridized carbons (Fsp3) is 0.647. The summed E-state index contributed by atoms with van der Waals surface area (Å²) in [6, 6.07) is 8.07. The Morgan fingerprint density at radius 1 is 1.25 bits per heavy atom. The molecule has 3 heteroatoms. The molecule has 1 fully saturated rings. The second-order valence-electron chi connectivity index (χ2n) is 6.57. The minimum atomic E-state index is 0.528. The molecule has 1 aromatic rings. The molecule has 1 aliphatic rings. The Labute approximate surface area is 132 Å². The van der Waals surface area contributed by atoms with Gasteiger partial charge in [-0.05, 0) is 50.3 Å². The zero-order chi connectivity index (χ0) is 14.7. The molecule has 2 rings (SSSR count). The summed E-state index contributed by atoms with van der Waals surface area (Å²) in [5.74, 6) is 0.674. The van der Waals surface area contributed by atoms with E-state index in [9.17, 15) is 0 Å². The highest BCUT2D eigenvalue weighted by Gasteiger charge is 2.20. The van der Waals surface area contributed by atoms with E-state index in [0.29, 0.717) is 12.0 Å². The molecule has 0 aliphatic heterocycles. The van der Waals surface area contributed by atoms with Crippen LogP contribution in [0.25, 0.3) is 0 Å². The van der Waals surface area contributed by atoms with Crippen molar-refractivity contribution in [2.75, 3.05) is 11.4 Å². The lowest BCUT2D eigenvalue weighted by Gasteiger charge is -2.31. The molecule has 0 spiro atoms. The zero-order valence-corrected chi connectivity index (χ0v) is 14.7. The topological polar surface area (TPSA) is 15.3 Å². The van der Waals surface area contributed by atoms with Crippen molar-refractivity contribution in [2.45, 2.75) is 59.2 Å². The Balaban J connectivity index is 2.08. The summed E-state index contributed by atoms with van der Waals surface area (Å²) < 4.78 is 1.22. The van der Waals surface area contributed by atoms with E-state index < -0.39 is 0 Å². The molecule has 20 heavy (non-hydrogen) atoms. The van der Waals surface area contributed by atoms with E-state index in [4.69, 9.17) is 0 Å². The quantitative estimate of drug-likeness (QED) is 0.783. The van der Waals surface area contributed by atoms with Crippen molar-refractivity contribution < 1.29 is 0 Å². The molecule has 1 N–H and O–H groups in total. The van der Waals surface area contributed by atoms with Crippen LogP contribution in [0.3, 0.4) is 0 Å². The highest BCUT2D eigenvalue weighted by Crippen LogP contribution is 2.27. The van der Waals surface area contributed by atoms with Crippen LogP contribution >= 0.6 is 15.9 Å². The van der Waals surface area contributed by atoms with Gasteiger partial charge in [-0.15, -0.1) is 0 Å². The highest BCUT2D eigenvalue weighted by molar-refractivity contribution is 9.10. The summed E-state index contributed by atoms with van der Waals surface area (Å²) in [7, 11) is 0. The van der Waals surface area contributed by atoms with Gasteiger partial charge in [0.15, 0.2) is 0 Å². The first kappa shape index (κ1) is 15.8. The number of nitrogens with zero attached hydrogens (tertiary/aromatic N) is 1. The fourth-order valence-corrected chi connectivity index (χ4v) is 2.91. The van der Waals surface area contributed by atoms with Gasteiger partial charge < -0.3 is 10.2 Å². The van der Waals surface area contributed by atoms with Gasteiger partial charge in [-0.25, -0.2) is 0 Å². The van der Waals surface area contributed by atoms with Gasteiger partial charge >= 0.3 is 0 Å². The van der Waals surface area contributed by atoms with Gasteiger partial charge in [0.25, 0.3) is 0 Å². The normalized spacial score (nSPS) is 15.2. The smallest absolute Gasteiger partial charge is 0.0380 e. The van der Waals surface area contributed by atoms with Crippen molar-refractivity contribution >= 4 is 21.6 Å². The third-order valence-corrected chi connectivity index (χ3v) is 4.45. The van der Waals surface area contributed by atoms with Crippen molar-refractivity contribution in [3.8, 4) is 0 Å². The predicted octanol–water partition coefficient (Wildman–Crippen LogP) is 4.57. The Bertz CT molecular complexity index is 439. The molecule has 1 aliphatic carbocycles. The molecule has 2 nitrogen and oxygen atoms in total. The van der Waals surface area contributed by atoms with Crippen LogP contribution in [0.15, 0.2) is 22.7 Å². The number of hydrogen-bond donors (Lipinski definition) is 1. The summed E-state index contributed by atoms with van der Waals surface area (Å²) >= 11 is 3.73. The number of benzene rings is 1. The summed E-state index contributed by atoms with van der Waals surface area (Å²) in [5, 5.41) is 3.57. The fourth-order valence-electron chi connectivity index (χ4n) is 2.41. The van der Waals surface area contributed by atoms with Crippen LogP contribution in [-0.2, 0) is 6.54 Å². The van der Waals surface area contributed by atoms with Crippen LogP contribution in [0.5, 0.6) is 0 Å². The molecule has 0 radical (unpaired) electrons. The molecule has 1 saturated carbocycles. The Hall–Kier alpha value is -0.540. The zero-order valence-electron chi connectivity index (χ0n) is 13.1. The number of rotatable bonds is 7. The molecule has 0 amide bonds. The van der Waals surface area contributed by atoms with Gasteiger partial charge in [-0.1, -0.05) is 35.8 Å². The molecule has 0 aromatic heterocycles. The summed E-state index contributed by atoms with van der Waals surface area (Å²) in [4.78, 5) is 2.48. The average molecular weight is 339 g/mol. The van der Waals surface area contributed by atoms with Crippen LogP contribution in [0.4, 0.5) is 5.69 Å². The maximum Gasteiger partial charge on any atom is 0.0380 e. The molecule has 0 heterocycles. The van der Waals surface area contributed by atoms with E-state index in [1.54, 1.807) is 0 Å². The monoisotopic (exact) mass is 338 g/mol. The van der Waals surface area contributed by atoms with Crippen molar-refractivity contribution in [1.29, 1.82) is 0 Å². The van der Waals surface area contributed by atoms with Crippen LogP contribution < -0.4 is 10.2 Å². The van der Waals surface area contributed by atoms with Crippen LogP contribution in [-0.4, -0.2) is 18.6 Å². The van der Waals surface area contributed by atoms with Crippen molar-refractivity contribution in [3.63, 3.8) is 0 Å². The Morgan fingerprint density at radius 2 is 1.95 bits per heavy atom. The minimum Gasteiger partial charge on any atom is -0.369 e. The lowest BCUT2D eigenvalue weighted by atomic mass is 10.1. The Kier molecular flexibility index (Phi) is 5.50. The van der Waals surface area contributed by atoms with E-state index in [2.05, 4.69) is 72.0 Å². The minimum absolute atomic E-state index is 0.528. The van der Waals surface area contributed by atoms with Gasteiger partial charge in [-0.3, -0.25) is 0 Å². The third kappa shape index (κ3) is 4.49. The second kappa shape index (κ2) is 6.95. The number of hydrogen-bond acceptors (Lipinski definition) is 2. The standard InChI is InChI=1S/C17H27BrN2/c1-12(2)11-20(13(3)4)16-8-5-14(17(18)9-16)10-19-15-6-7-15/h5,8-9,12-13,15,19H,6-7,10-11H2,1-4H3. The summed E-state index contributed by atoms with van der Waals surface area (Å²) in [6.45, 7) is 11.1. The van der Waals surface area contributed by atoms with Gasteiger partial charge in [0, 0.05) is 35.3 Å². The van der Waals surface area contributed by atoms with Gasteiger partial charge in [0.1, 0.15) is 0 Å². The molecule has 0 bridgehead atoms. The first-order valence-corrected chi connectivity index (χ1v) is 8.55. The van der Waals surface area contributed by atoms with Gasteiger partial charge in [0.2, 0.25) is 0 Å². The van der Waals surface area contributed by atoms with Crippen molar-refractivity contribution in [2.24, 2.45) is 5.92 Å². The molecular weight excluding hydrogens is 312 g/mol. The average Bonchev–Trinajstić information content (AvgIpc) is 3.18. The van der Waals surface area contributed by atoms with E-state index in [1.807, 2.05) is 0 Å². The number of nitrogens with one attached hydrogen (secondary N) is 1. The lowest BCUT2D eigenvalue weighted by molar-refractivity contribution is 0.571. The molecule has 112 valence electrons. The van der Waals surface area contributed by atoms with Crippen molar-refractivity contribution in [1.82, 2.24) is 5.32 Å². The van der Waals surface area contributed by atoms with Crippen LogP contribution in [0.1, 0.15) is 46.1 Å².